The highest BCUT2D eigenvalue weighted by atomic mass is 32.2. The summed E-state index contributed by atoms with van der Waals surface area (Å²) in [6, 6.07) is 10.4. The summed E-state index contributed by atoms with van der Waals surface area (Å²) in [6.07, 6.45) is -0.260. The number of carboxylic acids is 1. The number of hydrogen-bond donors (Lipinski definition) is 1. The van der Waals surface area contributed by atoms with Crippen molar-refractivity contribution in [3.8, 4) is 0 Å². The van der Waals surface area contributed by atoms with E-state index in [9.17, 15) is 22.7 Å². The minimum absolute atomic E-state index is 0.00427. The van der Waals surface area contributed by atoms with Crippen LogP contribution in [0.3, 0.4) is 0 Å². The van der Waals surface area contributed by atoms with Crippen LogP contribution in [0.15, 0.2) is 53.4 Å². The first-order valence-electron chi connectivity index (χ1n) is 7.24. The highest BCUT2D eigenvalue weighted by Crippen LogP contribution is 2.20. The number of sulfonamides is 1. The van der Waals surface area contributed by atoms with E-state index in [1.54, 1.807) is 18.2 Å². The largest absolute Gasteiger partial charge is 0.480 e. The molecule has 0 saturated heterocycles. The summed E-state index contributed by atoms with van der Waals surface area (Å²) in [7, 11) is -2.81. The lowest BCUT2D eigenvalue weighted by Crippen LogP contribution is -2.43. The standard InChI is InChI=1S/C17H18FNO4S/c1-12-7-9-14(10-8-12)24(22,23)19(2)16(17(20)21)11-13-5-3-4-6-15(13)18/h3-10,16H,11H2,1-2H3,(H,20,21)/t16-/m1/s1. The summed E-state index contributed by atoms with van der Waals surface area (Å²) in [5, 5.41) is 9.42. The van der Waals surface area contributed by atoms with Crippen LogP contribution in [-0.4, -0.2) is 36.9 Å². The van der Waals surface area contributed by atoms with Gasteiger partial charge >= 0.3 is 5.97 Å². The molecule has 0 bridgehead atoms. The molecule has 0 aliphatic carbocycles. The summed E-state index contributed by atoms with van der Waals surface area (Å²) in [5.74, 6) is -1.90. The first-order chi connectivity index (χ1) is 11.2. The molecule has 2 aromatic carbocycles. The molecule has 2 aromatic rings. The molecule has 5 nitrogen and oxygen atoms in total. The van der Waals surface area contributed by atoms with Gasteiger partial charge in [-0.1, -0.05) is 35.9 Å². The average Bonchev–Trinajstić information content (AvgIpc) is 2.53. The zero-order valence-electron chi connectivity index (χ0n) is 13.3. The Hall–Kier alpha value is -2.25. The van der Waals surface area contributed by atoms with Crippen molar-refractivity contribution in [1.29, 1.82) is 0 Å². The van der Waals surface area contributed by atoms with Gasteiger partial charge in [0.1, 0.15) is 11.9 Å². The molecule has 0 heterocycles. The van der Waals surface area contributed by atoms with Crippen LogP contribution in [0.5, 0.6) is 0 Å². The molecule has 0 fully saturated rings. The second-order valence-electron chi connectivity index (χ2n) is 5.48. The summed E-state index contributed by atoms with van der Waals surface area (Å²) < 4.78 is 39.8. The van der Waals surface area contributed by atoms with E-state index in [1.165, 1.54) is 37.4 Å². The molecule has 2 rings (SSSR count). The SMILES string of the molecule is Cc1ccc(S(=O)(=O)N(C)[C@H](Cc2ccccc2F)C(=O)O)cc1. The average molecular weight is 351 g/mol. The Kier molecular flexibility index (Phi) is 5.36. The van der Waals surface area contributed by atoms with Crippen LogP contribution in [0.25, 0.3) is 0 Å². The fraction of sp³-hybridized carbons (Fsp3) is 0.235. The van der Waals surface area contributed by atoms with E-state index < -0.39 is 27.9 Å². The molecule has 1 N–H and O–H groups in total. The van der Waals surface area contributed by atoms with Gasteiger partial charge in [0.15, 0.2) is 0 Å². The van der Waals surface area contributed by atoms with Gasteiger partial charge in [0.25, 0.3) is 0 Å². The maximum absolute atomic E-state index is 13.8. The molecule has 0 amide bonds. The number of benzene rings is 2. The van der Waals surface area contributed by atoms with E-state index in [2.05, 4.69) is 0 Å². The monoisotopic (exact) mass is 351 g/mol. The van der Waals surface area contributed by atoms with Gasteiger partial charge in [-0.05, 0) is 30.7 Å². The molecule has 0 aliphatic heterocycles. The van der Waals surface area contributed by atoms with Gasteiger partial charge in [-0.25, -0.2) is 12.8 Å². The van der Waals surface area contributed by atoms with Crippen LogP contribution < -0.4 is 0 Å². The van der Waals surface area contributed by atoms with E-state index in [1.807, 2.05) is 6.92 Å². The predicted octanol–water partition coefficient (Wildman–Crippen LogP) is 2.45. The zero-order chi connectivity index (χ0) is 17.9. The highest BCUT2D eigenvalue weighted by Gasteiger charge is 2.33. The molecule has 7 heteroatoms. The number of rotatable bonds is 6. The third kappa shape index (κ3) is 3.80. The number of aliphatic carboxylic acids is 1. The van der Waals surface area contributed by atoms with Gasteiger partial charge in [0.05, 0.1) is 4.90 Å². The number of carbonyl (C=O) groups is 1. The number of hydrogen-bond acceptors (Lipinski definition) is 3. The Morgan fingerprint density at radius 2 is 1.75 bits per heavy atom. The first kappa shape index (κ1) is 18.1. The van der Waals surface area contributed by atoms with Crippen molar-refractivity contribution < 1.29 is 22.7 Å². The number of halogens is 1. The van der Waals surface area contributed by atoms with Crippen LogP contribution in [0.2, 0.25) is 0 Å². The minimum atomic E-state index is -4.00. The zero-order valence-corrected chi connectivity index (χ0v) is 14.1. The molecular formula is C17H18FNO4S. The van der Waals surface area contributed by atoms with Crippen molar-refractivity contribution in [2.45, 2.75) is 24.3 Å². The normalized spacial score (nSPS) is 13.0. The van der Waals surface area contributed by atoms with Gasteiger partial charge in [-0.2, -0.15) is 4.31 Å². The molecule has 24 heavy (non-hydrogen) atoms. The molecule has 0 spiro atoms. The molecule has 0 saturated carbocycles. The third-order valence-electron chi connectivity index (χ3n) is 3.79. The van der Waals surface area contributed by atoms with Gasteiger partial charge < -0.3 is 5.11 Å². The van der Waals surface area contributed by atoms with E-state index in [4.69, 9.17) is 0 Å². The Labute approximate surface area is 140 Å². The van der Waals surface area contributed by atoms with Crippen molar-refractivity contribution >= 4 is 16.0 Å². The molecule has 0 radical (unpaired) electrons. The topological polar surface area (TPSA) is 74.7 Å². The van der Waals surface area contributed by atoms with E-state index in [-0.39, 0.29) is 16.9 Å². The van der Waals surface area contributed by atoms with E-state index in [0.717, 1.165) is 9.87 Å². The quantitative estimate of drug-likeness (QED) is 0.867. The summed E-state index contributed by atoms with van der Waals surface area (Å²) >= 11 is 0. The lowest BCUT2D eigenvalue weighted by atomic mass is 10.1. The lowest BCUT2D eigenvalue weighted by Gasteiger charge is -2.24. The lowest BCUT2D eigenvalue weighted by molar-refractivity contribution is -0.141. The van der Waals surface area contributed by atoms with Crippen molar-refractivity contribution in [1.82, 2.24) is 4.31 Å². The Balaban J connectivity index is 2.35. The maximum Gasteiger partial charge on any atom is 0.322 e. The smallest absolute Gasteiger partial charge is 0.322 e. The number of carboxylic acid groups (broad SMARTS) is 1. The van der Waals surface area contributed by atoms with Gasteiger partial charge in [0.2, 0.25) is 10.0 Å². The summed E-state index contributed by atoms with van der Waals surface area (Å²) in [4.78, 5) is 11.6. The first-order valence-corrected chi connectivity index (χ1v) is 8.68. The number of nitrogens with zero attached hydrogens (tertiary/aromatic N) is 1. The highest BCUT2D eigenvalue weighted by molar-refractivity contribution is 7.89. The van der Waals surface area contributed by atoms with Crippen LogP contribution in [0, 0.1) is 12.7 Å². The Morgan fingerprint density at radius 1 is 1.17 bits per heavy atom. The van der Waals surface area contributed by atoms with Crippen molar-refractivity contribution in [3.05, 3.63) is 65.5 Å². The van der Waals surface area contributed by atoms with Crippen molar-refractivity contribution in [3.63, 3.8) is 0 Å². The molecule has 0 aromatic heterocycles. The molecule has 0 unspecified atom stereocenters. The van der Waals surface area contributed by atoms with Crippen molar-refractivity contribution in [2.24, 2.45) is 0 Å². The van der Waals surface area contributed by atoms with E-state index in [0.29, 0.717) is 0 Å². The number of likely N-dealkylation sites (N-methyl/N-ethyl adjacent to an activating group) is 1. The molecule has 0 aliphatic rings. The predicted molar refractivity (Wildman–Crippen MR) is 87.7 cm³/mol. The second-order valence-corrected chi connectivity index (χ2v) is 7.48. The fourth-order valence-electron chi connectivity index (χ4n) is 2.29. The summed E-state index contributed by atoms with van der Waals surface area (Å²) in [6.45, 7) is 1.82. The van der Waals surface area contributed by atoms with Crippen LogP contribution in [0.1, 0.15) is 11.1 Å². The van der Waals surface area contributed by atoms with Crippen molar-refractivity contribution in [2.75, 3.05) is 7.05 Å². The Morgan fingerprint density at radius 3 is 2.29 bits per heavy atom. The van der Waals surface area contributed by atoms with Gasteiger partial charge in [-0.15, -0.1) is 0 Å². The van der Waals surface area contributed by atoms with Crippen LogP contribution >= 0.6 is 0 Å². The maximum atomic E-state index is 13.8. The van der Waals surface area contributed by atoms with Gasteiger partial charge in [0, 0.05) is 13.5 Å². The molecule has 1 atom stereocenters. The van der Waals surface area contributed by atoms with Crippen LogP contribution in [-0.2, 0) is 21.2 Å². The van der Waals surface area contributed by atoms with E-state index >= 15 is 0 Å². The second kappa shape index (κ2) is 7.11. The van der Waals surface area contributed by atoms with Gasteiger partial charge in [-0.3, -0.25) is 4.79 Å². The third-order valence-corrected chi connectivity index (χ3v) is 5.67. The Bertz CT molecular complexity index is 834. The molecular weight excluding hydrogens is 333 g/mol. The minimum Gasteiger partial charge on any atom is -0.480 e. The summed E-state index contributed by atoms with van der Waals surface area (Å²) in [5.41, 5.74) is 1.04. The fourth-order valence-corrected chi connectivity index (χ4v) is 3.60. The molecule has 128 valence electrons. The number of aryl methyl sites for hydroxylation is 1. The van der Waals surface area contributed by atoms with Crippen LogP contribution in [0.4, 0.5) is 4.39 Å².